The average molecular weight is 236 g/mol. The quantitative estimate of drug-likeness (QED) is 0.846. The first-order valence-electron chi connectivity index (χ1n) is 5.40. The lowest BCUT2D eigenvalue weighted by atomic mass is 10.1. The van der Waals surface area contributed by atoms with Crippen LogP contribution < -0.4 is 5.32 Å². The summed E-state index contributed by atoms with van der Waals surface area (Å²) in [5, 5.41) is 2.28. The predicted octanol–water partition coefficient (Wildman–Crippen LogP) is 1.51. The Labute approximate surface area is 98.4 Å². The van der Waals surface area contributed by atoms with Gasteiger partial charge in [0.15, 0.2) is 0 Å². The third kappa shape index (κ3) is 2.61. The molecule has 5 heteroatoms. The van der Waals surface area contributed by atoms with Crippen molar-refractivity contribution in [3.8, 4) is 0 Å². The van der Waals surface area contributed by atoms with E-state index in [0.29, 0.717) is 13.1 Å². The number of imide groups is 1. The monoisotopic (exact) mass is 236 g/mol. The van der Waals surface area contributed by atoms with Gasteiger partial charge in [0.25, 0.3) is 0 Å². The fraction of sp³-hybridized carbons (Fsp3) is 0.333. The summed E-state index contributed by atoms with van der Waals surface area (Å²) in [4.78, 5) is 24.3. The lowest BCUT2D eigenvalue weighted by Gasteiger charge is -2.30. The SMILES string of the molecule is CC1CN(Cc2ccc(F)cc2)C(=O)NC1=O. The van der Waals surface area contributed by atoms with Crippen LogP contribution in [0.15, 0.2) is 24.3 Å². The zero-order valence-corrected chi connectivity index (χ0v) is 9.44. The van der Waals surface area contributed by atoms with Crippen molar-refractivity contribution in [2.75, 3.05) is 6.54 Å². The van der Waals surface area contributed by atoms with E-state index >= 15 is 0 Å². The van der Waals surface area contributed by atoms with Crippen LogP contribution >= 0.6 is 0 Å². The van der Waals surface area contributed by atoms with Gasteiger partial charge in [0.2, 0.25) is 5.91 Å². The van der Waals surface area contributed by atoms with E-state index in [1.807, 2.05) is 0 Å². The van der Waals surface area contributed by atoms with Crippen LogP contribution in [0, 0.1) is 11.7 Å². The van der Waals surface area contributed by atoms with E-state index in [1.54, 1.807) is 24.0 Å². The van der Waals surface area contributed by atoms with Gasteiger partial charge in [-0.2, -0.15) is 0 Å². The van der Waals surface area contributed by atoms with Crippen molar-refractivity contribution in [3.63, 3.8) is 0 Å². The highest BCUT2D eigenvalue weighted by Crippen LogP contribution is 2.12. The van der Waals surface area contributed by atoms with Gasteiger partial charge >= 0.3 is 6.03 Å². The Morgan fingerprint density at radius 1 is 1.35 bits per heavy atom. The van der Waals surface area contributed by atoms with Crippen molar-refractivity contribution >= 4 is 11.9 Å². The molecule has 0 spiro atoms. The summed E-state index contributed by atoms with van der Waals surface area (Å²) in [6.07, 6.45) is 0. The van der Waals surface area contributed by atoms with Gasteiger partial charge in [0.05, 0.1) is 5.92 Å². The molecule has 1 saturated heterocycles. The highest BCUT2D eigenvalue weighted by Gasteiger charge is 2.28. The third-order valence-electron chi connectivity index (χ3n) is 2.75. The largest absolute Gasteiger partial charge is 0.324 e. The number of amides is 3. The summed E-state index contributed by atoms with van der Waals surface area (Å²) >= 11 is 0. The first-order valence-corrected chi connectivity index (χ1v) is 5.40. The first kappa shape index (κ1) is 11.6. The summed E-state index contributed by atoms with van der Waals surface area (Å²) < 4.78 is 12.7. The normalized spacial score (nSPS) is 20.4. The van der Waals surface area contributed by atoms with E-state index in [9.17, 15) is 14.0 Å². The smallest absolute Gasteiger partial charge is 0.319 e. The van der Waals surface area contributed by atoms with Crippen LogP contribution in [0.3, 0.4) is 0 Å². The molecule has 2 rings (SSSR count). The molecule has 1 heterocycles. The van der Waals surface area contributed by atoms with Crippen molar-refractivity contribution in [3.05, 3.63) is 35.6 Å². The second kappa shape index (κ2) is 4.53. The minimum absolute atomic E-state index is 0.215. The van der Waals surface area contributed by atoms with Crippen molar-refractivity contribution in [2.24, 2.45) is 5.92 Å². The maximum Gasteiger partial charge on any atom is 0.324 e. The van der Waals surface area contributed by atoms with E-state index < -0.39 is 6.03 Å². The standard InChI is InChI=1S/C12H13FN2O2/c1-8-6-15(12(17)14-11(8)16)7-9-2-4-10(13)5-3-9/h2-5,8H,6-7H2,1H3,(H,14,16,17). The Morgan fingerprint density at radius 3 is 2.65 bits per heavy atom. The fourth-order valence-electron chi connectivity index (χ4n) is 1.75. The van der Waals surface area contributed by atoms with Gasteiger partial charge in [-0.05, 0) is 17.7 Å². The highest BCUT2D eigenvalue weighted by atomic mass is 19.1. The fourth-order valence-corrected chi connectivity index (χ4v) is 1.75. The van der Waals surface area contributed by atoms with Crippen LogP contribution in [0.2, 0.25) is 0 Å². The van der Waals surface area contributed by atoms with Gasteiger partial charge in [0.1, 0.15) is 5.82 Å². The van der Waals surface area contributed by atoms with E-state index in [4.69, 9.17) is 0 Å². The molecule has 4 nitrogen and oxygen atoms in total. The molecular weight excluding hydrogens is 223 g/mol. The predicted molar refractivity (Wildman–Crippen MR) is 59.5 cm³/mol. The summed E-state index contributed by atoms with van der Waals surface area (Å²) in [5.74, 6) is -0.765. The van der Waals surface area contributed by atoms with E-state index in [-0.39, 0.29) is 17.6 Å². The zero-order chi connectivity index (χ0) is 12.4. The molecule has 1 aliphatic heterocycles. The molecular formula is C12H13FN2O2. The lowest BCUT2D eigenvalue weighted by Crippen LogP contribution is -2.53. The van der Waals surface area contributed by atoms with Crippen LogP contribution in [0.5, 0.6) is 0 Å². The molecule has 0 aromatic heterocycles. The maximum absolute atomic E-state index is 12.7. The van der Waals surface area contributed by atoms with Crippen LogP contribution in [0.25, 0.3) is 0 Å². The highest BCUT2D eigenvalue weighted by molar-refractivity contribution is 5.97. The van der Waals surface area contributed by atoms with E-state index in [2.05, 4.69) is 5.32 Å². The third-order valence-corrected chi connectivity index (χ3v) is 2.75. The number of nitrogens with one attached hydrogen (secondary N) is 1. The van der Waals surface area contributed by atoms with Crippen LogP contribution in [0.4, 0.5) is 9.18 Å². The molecule has 0 aliphatic carbocycles. The molecule has 1 aliphatic rings. The number of hydrogen-bond acceptors (Lipinski definition) is 2. The summed E-state index contributed by atoms with van der Waals surface area (Å²) in [5.41, 5.74) is 0.836. The number of rotatable bonds is 2. The second-order valence-electron chi connectivity index (χ2n) is 4.20. The molecule has 17 heavy (non-hydrogen) atoms. The van der Waals surface area contributed by atoms with Crippen LogP contribution in [0.1, 0.15) is 12.5 Å². The van der Waals surface area contributed by atoms with Gasteiger partial charge in [-0.25, -0.2) is 9.18 Å². The second-order valence-corrected chi connectivity index (χ2v) is 4.20. The van der Waals surface area contributed by atoms with E-state index in [0.717, 1.165) is 5.56 Å². The zero-order valence-electron chi connectivity index (χ0n) is 9.44. The van der Waals surface area contributed by atoms with Gasteiger partial charge in [-0.3, -0.25) is 10.1 Å². The molecule has 3 amide bonds. The number of carbonyl (C=O) groups is 2. The number of hydrogen-bond donors (Lipinski definition) is 1. The number of urea groups is 1. The Balaban J connectivity index is 2.06. The van der Waals surface area contributed by atoms with Crippen molar-refractivity contribution in [1.29, 1.82) is 0 Å². The van der Waals surface area contributed by atoms with Crippen molar-refractivity contribution < 1.29 is 14.0 Å². The molecule has 1 unspecified atom stereocenters. The molecule has 0 saturated carbocycles. The minimum Gasteiger partial charge on any atom is -0.319 e. The summed E-state index contributed by atoms with van der Waals surface area (Å²) in [7, 11) is 0. The number of nitrogens with zero attached hydrogens (tertiary/aromatic N) is 1. The Kier molecular flexibility index (Phi) is 3.08. The Hall–Kier alpha value is -1.91. The molecule has 1 atom stereocenters. The van der Waals surface area contributed by atoms with Crippen molar-refractivity contribution in [2.45, 2.75) is 13.5 Å². The summed E-state index contributed by atoms with van der Waals surface area (Å²) in [6.45, 7) is 2.53. The molecule has 1 N–H and O–H groups in total. The number of benzene rings is 1. The molecule has 0 bridgehead atoms. The van der Waals surface area contributed by atoms with E-state index in [1.165, 1.54) is 12.1 Å². The van der Waals surface area contributed by atoms with Gasteiger partial charge < -0.3 is 4.90 Å². The maximum atomic E-state index is 12.7. The summed E-state index contributed by atoms with van der Waals surface area (Å²) in [6, 6.07) is 5.57. The average Bonchev–Trinajstić information content (AvgIpc) is 2.29. The van der Waals surface area contributed by atoms with Crippen molar-refractivity contribution in [1.82, 2.24) is 10.2 Å². The van der Waals surface area contributed by atoms with Gasteiger partial charge in [0, 0.05) is 13.1 Å². The molecule has 1 aromatic carbocycles. The van der Waals surface area contributed by atoms with Gasteiger partial charge in [-0.15, -0.1) is 0 Å². The topological polar surface area (TPSA) is 49.4 Å². The molecule has 0 radical (unpaired) electrons. The first-order chi connectivity index (χ1) is 8.06. The lowest BCUT2D eigenvalue weighted by molar-refractivity contribution is -0.125. The molecule has 1 aromatic rings. The number of halogens is 1. The van der Waals surface area contributed by atoms with Crippen LogP contribution in [-0.2, 0) is 11.3 Å². The Bertz CT molecular complexity index is 444. The minimum atomic E-state index is -0.391. The molecule has 90 valence electrons. The molecule has 1 fully saturated rings. The Morgan fingerprint density at radius 2 is 2.00 bits per heavy atom. The van der Waals surface area contributed by atoms with Gasteiger partial charge in [-0.1, -0.05) is 19.1 Å². The van der Waals surface area contributed by atoms with Crippen LogP contribution in [-0.4, -0.2) is 23.4 Å². The number of carbonyl (C=O) groups excluding carboxylic acids is 2.